The van der Waals surface area contributed by atoms with Crippen LogP contribution in [-0.4, -0.2) is 60.5 Å². The van der Waals surface area contributed by atoms with Gasteiger partial charge in [0, 0.05) is 46.2 Å². The van der Waals surface area contributed by atoms with Crippen LogP contribution in [0.2, 0.25) is 5.54 Å². The Morgan fingerprint density at radius 2 is 2.06 bits per heavy atom. The molecule has 191 valence electrons. The summed E-state index contributed by atoms with van der Waals surface area (Å²) in [6.07, 6.45) is -1.35. The molecule has 2 heterocycles. The van der Waals surface area contributed by atoms with E-state index in [4.69, 9.17) is 4.74 Å². The Kier molecular flexibility index (Phi) is 8.62. The number of aromatic amines is 1. The van der Waals surface area contributed by atoms with Gasteiger partial charge >= 0.3 is 12.3 Å². The first kappa shape index (κ1) is 26.8. The van der Waals surface area contributed by atoms with Crippen LogP contribution in [0.15, 0.2) is 18.5 Å². The number of rotatable bonds is 8. The number of nitrogens with zero attached hydrogens (tertiary/aromatic N) is 3. The molecule has 13 heteroatoms. The highest BCUT2D eigenvalue weighted by atomic mass is 28.1. The third-order valence-corrected chi connectivity index (χ3v) is 6.43. The van der Waals surface area contributed by atoms with E-state index in [0.29, 0.717) is 25.1 Å². The summed E-state index contributed by atoms with van der Waals surface area (Å²) >= 11 is 0. The number of nitrogens with one attached hydrogen (secondary N) is 3. The quantitative estimate of drug-likeness (QED) is 0.463. The van der Waals surface area contributed by atoms with Gasteiger partial charge in [-0.15, -0.1) is 0 Å². The Bertz CT molecular complexity index is 1010. The minimum atomic E-state index is -4.36. The van der Waals surface area contributed by atoms with E-state index in [0.717, 1.165) is 11.3 Å². The number of alkyl carbamates (subject to hydrolysis) is 1. The Balaban J connectivity index is 1.46. The molecular formula is C22H30F3N6O3Si. The summed E-state index contributed by atoms with van der Waals surface area (Å²) in [6.45, 7) is 5.30. The van der Waals surface area contributed by atoms with Crippen LogP contribution >= 0.6 is 0 Å². The fourth-order valence-electron chi connectivity index (χ4n) is 4.11. The molecule has 3 unspecified atom stereocenters. The van der Waals surface area contributed by atoms with Crippen LogP contribution in [0.25, 0.3) is 0 Å². The molecule has 3 N–H and O–H groups in total. The Morgan fingerprint density at radius 3 is 2.69 bits per heavy atom. The van der Waals surface area contributed by atoms with Crippen molar-refractivity contribution in [3.63, 3.8) is 0 Å². The number of halogens is 3. The predicted molar refractivity (Wildman–Crippen MR) is 123 cm³/mol. The van der Waals surface area contributed by atoms with E-state index in [2.05, 4.69) is 36.2 Å². The van der Waals surface area contributed by atoms with Crippen molar-refractivity contribution < 1.29 is 27.5 Å². The van der Waals surface area contributed by atoms with Gasteiger partial charge in [0.25, 0.3) is 0 Å². The molecule has 0 aromatic carbocycles. The molecule has 3 rings (SSSR count). The summed E-state index contributed by atoms with van der Waals surface area (Å²) in [6, 6.07) is 0.925. The van der Waals surface area contributed by atoms with Crippen molar-refractivity contribution in [2.75, 3.05) is 5.32 Å². The number of hydrogen-bond acceptors (Lipinski definition) is 5. The van der Waals surface area contributed by atoms with E-state index in [1.54, 1.807) is 16.9 Å². The Hall–Kier alpha value is -2.83. The SMILES string of the molecule is CC(CC(F)(F)F)NC(=O)OC1CC[C@H](c2cc(NC(=O)Cc3cnn(C(C)C)c3)n[nH]2)C([Si])C1. The van der Waals surface area contributed by atoms with Crippen molar-refractivity contribution in [1.29, 1.82) is 0 Å². The molecule has 2 aromatic heterocycles. The van der Waals surface area contributed by atoms with Crippen LogP contribution in [0.4, 0.5) is 23.8 Å². The zero-order chi connectivity index (χ0) is 25.8. The van der Waals surface area contributed by atoms with Gasteiger partial charge in [-0.2, -0.15) is 23.4 Å². The summed E-state index contributed by atoms with van der Waals surface area (Å²) in [5.74, 6) is 0.252. The van der Waals surface area contributed by atoms with E-state index in [1.807, 2.05) is 20.0 Å². The van der Waals surface area contributed by atoms with Gasteiger partial charge < -0.3 is 15.4 Å². The number of anilines is 1. The first-order valence-electron chi connectivity index (χ1n) is 11.5. The lowest BCUT2D eigenvalue weighted by Crippen LogP contribution is -2.39. The molecule has 0 aliphatic heterocycles. The van der Waals surface area contributed by atoms with Crippen LogP contribution in [0.3, 0.4) is 0 Å². The minimum Gasteiger partial charge on any atom is -0.446 e. The smallest absolute Gasteiger partial charge is 0.407 e. The number of carbonyl (C=O) groups is 2. The number of ether oxygens (including phenoxy) is 1. The molecule has 2 amide bonds. The van der Waals surface area contributed by atoms with Crippen molar-refractivity contribution in [3.8, 4) is 0 Å². The van der Waals surface area contributed by atoms with Gasteiger partial charge in [0.05, 0.1) is 19.0 Å². The van der Waals surface area contributed by atoms with Crippen LogP contribution in [0.5, 0.6) is 0 Å². The van der Waals surface area contributed by atoms with Crippen molar-refractivity contribution in [2.24, 2.45) is 0 Å². The molecule has 1 fully saturated rings. The zero-order valence-electron chi connectivity index (χ0n) is 19.9. The largest absolute Gasteiger partial charge is 0.446 e. The molecule has 9 nitrogen and oxygen atoms in total. The number of aromatic nitrogens is 4. The maximum atomic E-state index is 12.4. The monoisotopic (exact) mass is 511 g/mol. The number of H-pyrrole nitrogens is 1. The topological polar surface area (TPSA) is 114 Å². The van der Waals surface area contributed by atoms with Crippen LogP contribution in [-0.2, 0) is 16.0 Å². The van der Waals surface area contributed by atoms with Gasteiger partial charge in [-0.3, -0.25) is 14.6 Å². The molecule has 1 saturated carbocycles. The molecule has 0 bridgehead atoms. The second-order valence-electron chi connectivity index (χ2n) is 9.27. The molecular weight excluding hydrogens is 481 g/mol. The predicted octanol–water partition coefficient (Wildman–Crippen LogP) is 4.03. The molecule has 2 aromatic rings. The molecule has 0 spiro atoms. The number of alkyl halides is 3. The van der Waals surface area contributed by atoms with Gasteiger partial charge in [0.1, 0.15) is 6.10 Å². The lowest BCUT2D eigenvalue weighted by molar-refractivity contribution is -0.138. The number of amides is 2. The normalized spacial score (nSPS) is 21.5. The number of carbonyl (C=O) groups excluding carboxylic acids is 2. The standard InChI is InChI=1S/C22H30F3N6O3Si/c1-12(2)31-11-14(10-26-31)6-20(32)28-19-8-17(29-30-19)16-5-4-15(7-18(16)35)34-21(33)27-13(3)9-22(23,24)25/h8,10-13,15-16,18H,4-7,9H2,1-3H3,(H,27,33)(H2,28,29,30,32)/t13?,15?,16-,18?/m1/s1. The molecule has 0 saturated heterocycles. The fourth-order valence-corrected chi connectivity index (χ4v) is 4.72. The highest BCUT2D eigenvalue weighted by Crippen LogP contribution is 2.40. The van der Waals surface area contributed by atoms with Crippen molar-refractivity contribution in [1.82, 2.24) is 25.3 Å². The van der Waals surface area contributed by atoms with E-state index < -0.39 is 30.8 Å². The molecule has 3 radical (unpaired) electrons. The molecule has 1 aliphatic rings. The second kappa shape index (κ2) is 11.3. The van der Waals surface area contributed by atoms with E-state index in [1.165, 1.54) is 6.92 Å². The second-order valence-corrected chi connectivity index (χ2v) is 10.0. The van der Waals surface area contributed by atoms with Gasteiger partial charge in [0.15, 0.2) is 5.82 Å². The van der Waals surface area contributed by atoms with Gasteiger partial charge in [-0.1, -0.05) is 0 Å². The maximum absolute atomic E-state index is 12.4. The first-order chi connectivity index (χ1) is 16.4. The Morgan fingerprint density at radius 1 is 1.31 bits per heavy atom. The van der Waals surface area contributed by atoms with E-state index in [-0.39, 0.29) is 29.8 Å². The summed E-state index contributed by atoms with van der Waals surface area (Å²) in [4.78, 5) is 24.3. The van der Waals surface area contributed by atoms with Crippen LogP contribution in [0.1, 0.15) is 69.7 Å². The van der Waals surface area contributed by atoms with Crippen molar-refractivity contribution >= 4 is 28.1 Å². The van der Waals surface area contributed by atoms with Crippen molar-refractivity contribution in [2.45, 2.75) is 88.7 Å². The van der Waals surface area contributed by atoms with Gasteiger partial charge in [-0.05, 0) is 51.1 Å². The highest BCUT2D eigenvalue weighted by Gasteiger charge is 2.34. The lowest BCUT2D eigenvalue weighted by atomic mass is 9.84. The summed E-state index contributed by atoms with van der Waals surface area (Å²) in [5.41, 5.74) is 1.58. The fraction of sp³-hybridized carbons (Fsp3) is 0.636. The summed E-state index contributed by atoms with van der Waals surface area (Å²) in [7, 11) is 3.69. The molecule has 35 heavy (non-hydrogen) atoms. The van der Waals surface area contributed by atoms with Gasteiger partial charge in [-0.25, -0.2) is 4.79 Å². The van der Waals surface area contributed by atoms with Crippen LogP contribution < -0.4 is 10.6 Å². The van der Waals surface area contributed by atoms with Crippen LogP contribution in [0, 0.1) is 0 Å². The highest BCUT2D eigenvalue weighted by molar-refractivity contribution is 6.12. The maximum Gasteiger partial charge on any atom is 0.407 e. The summed E-state index contributed by atoms with van der Waals surface area (Å²) in [5, 5.41) is 16.4. The zero-order valence-corrected chi connectivity index (χ0v) is 20.9. The van der Waals surface area contributed by atoms with E-state index in [9.17, 15) is 22.8 Å². The molecule has 1 aliphatic carbocycles. The summed E-state index contributed by atoms with van der Waals surface area (Å²) < 4.78 is 44.4. The average Bonchev–Trinajstić information content (AvgIpc) is 3.36. The molecule has 4 atom stereocenters. The first-order valence-corrected chi connectivity index (χ1v) is 12.1. The Labute approximate surface area is 205 Å². The third-order valence-electron chi connectivity index (χ3n) is 5.79. The average molecular weight is 512 g/mol. The number of hydrogen-bond donors (Lipinski definition) is 3. The lowest BCUT2D eigenvalue weighted by Gasteiger charge is -2.33. The third kappa shape index (κ3) is 8.11. The van der Waals surface area contributed by atoms with E-state index >= 15 is 0 Å². The van der Waals surface area contributed by atoms with Gasteiger partial charge in [0.2, 0.25) is 5.91 Å². The minimum absolute atomic E-state index is 0.0427. The van der Waals surface area contributed by atoms with Crippen molar-refractivity contribution in [3.05, 3.63) is 29.7 Å².